The van der Waals surface area contributed by atoms with Crippen LogP contribution in [0, 0.1) is 11.3 Å². The molecule has 3 unspecified atom stereocenters. The van der Waals surface area contributed by atoms with Gasteiger partial charge in [0.1, 0.15) is 5.84 Å². The van der Waals surface area contributed by atoms with Crippen molar-refractivity contribution in [3.8, 4) is 0 Å². The number of anilines is 1. The number of hydrogen-bond acceptors (Lipinski definition) is 6. The second-order valence-corrected chi connectivity index (χ2v) is 9.05. The molecule has 1 aromatic heterocycles. The van der Waals surface area contributed by atoms with Crippen molar-refractivity contribution in [3.63, 3.8) is 0 Å². The monoisotopic (exact) mass is 419 g/mol. The lowest BCUT2D eigenvalue weighted by molar-refractivity contribution is 0.196. The Kier molecular flexibility index (Phi) is 5.72. The summed E-state index contributed by atoms with van der Waals surface area (Å²) >= 11 is 0. The zero-order valence-corrected chi connectivity index (χ0v) is 18.2. The molecule has 3 heterocycles. The first-order chi connectivity index (χ1) is 15.2. The number of nitrogens with zero attached hydrogens (tertiary/aromatic N) is 4. The van der Waals surface area contributed by atoms with Gasteiger partial charge in [-0.1, -0.05) is 30.4 Å². The van der Waals surface area contributed by atoms with Gasteiger partial charge >= 0.3 is 0 Å². The zero-order valence-electron chi connectivity index (χ0n) is 18.2. The van der Waals surface area contributed by atoms with Gasteiger partial charge in [-0.15, -0.1) is 0 Å². The third-order valence-corrected chi connectivity index (χ3v) is 6.59. The molecule has 164 valence electrons. The Morgan fingerprint density at radius 1 is 1.29 bits per heavy atom. The van der Waals surface area contributed by atoms with Gasteiger partial charge in [0, 0.05) is 50.6 Å². The van der Waals surface area contributed by atoms with Crippen molar-refractivity contribution in [2.24, 2.45) is 16.3 Å². The minimum Gasteiger partial charge on any atom is -0.498 e. The second kappa shape index (κ2) is 8.79. The number of allylic oxidation sites excluding steroid dienone is 5. The minimum absolute atomic E-state index is 0. The topological polar surface area (TPSA) is 62.6 Å². The molecule has 0 aromatic carbocycles. The first-order valence-corrected chi connectivity index (χ1v) is 11.4. The summed E-state index contributed by atoms with van der Waals surface area (Å²) in [7, 11) is 2.20. The van der Waals surface area contributed by atoms with Gasteiger partial charge in [0.05, 0.1) is 18.1 Å². The third kappa shape index (κ3) is 4.64. The van der Waals surface area contributed by atoms with Crippen LogP contribution in [-0.2, 0) is 4.74 Å². The molecule has 2 aliphatic heterocycles. The predicted molar refractivity (Wildman–Crippen MR) is 126 cm³/mol. The maximum atomic E-state index is 6.12. The zero-order chi connectivity index (χ0) is 21.1. The van der Waals surface area contributed by atoms with Gasteiger partial charge in [0.15, 0.2) is 0 Å². The summed E-state index contributed by atoms with van der Waals surface area (Å²) < 4.78 is 6.12. The maximum absolute atomic E-state index is 6.12. The Hall–Kier alpha value is -2.73. The van der Waals surface area contributed by atoms with Crippen molar-refractivity contribution in [3.05, 3.63) is 66.4 Å². The molecule has 1 fully saturated rings. The van der Waals surface area contributed by atoms with Crippen molar-refractivity contribution in [2.45, 2.75) is 38.0 Å². The van der Waals surface area contributed by atoms with Crippen LogP contribution in [0.25, 0.3) is 0 Å². The fourth-order valence-electron chi connectivity index (χ4n) is 4.81. The third-order valence-electron chi connectivity index (χ3n) is 6.59. The molecule has 1 saturated carbocycles. The molecule has 31 heavy (non-hydrogen) atoms. The first-order valence-electron chi connectivity index (χ1n) is 11.4. The van der Waals surface area contributed by atoms with Crippen LogP contribution in [0.3, 0.4) is 0 Å². The highest BCUT2D eigenvalue weighted by atomic mass is 16.5. The lowest BCUT2D eigenvalue weighted by Crippen LogP contribution is -2.31. The van der Waals surface area contributed by atoms with Gasteiger partial charge < -0.3 is 15.0 Å². The highest BCUT2D eigenvalue weighted by molar-refractivity contribution is 5.99. The van der Waals surface area contributed by atoms with Crippen LogP contribution in [0.2, 0.25) is 0 Å². The summed E-state index contributed by atoms with van der Waals surface area (Å²) in [6, 6.07) is 2.01. The molecule has 6 nitrogen and oxygen atoms in total. The van der Waals surface area contributed by atoms with E-state index in [0.29, 0.717) is 11.9 Å². The molecule has 0 spiro atoms. The molecule has 6 heteroatoms. The predicted octanol–water partition coefficient (Wildman–Crippen LogP) is 4.68. The number of hydrogen-bond donors (Lipinski definition) is 1. The van der Waals surface area contributed by atoms with Crippen LogP contribution in [-0.4, -0.2) is 47.4 Å². The molecular formula is C25H33N5O. The van der Waals surface area contributed by atoms with E-state index in [1.54, 1.807) is 0 Å². The van der Waals surface area contributed by atoms with E-state index < -0.39 is 0 Å². The fourth-order valence-corrected chi connectivity index (χ4v) is 4.81. The van der Waals surface area contributed by atoms with Crippen LogP contribution < -0.4 is 5.32 Å². The lowest BCUT2D eigenvalue weighted by atomic mass is 10.0. The van der Waals surface area contributed by atoms with E-state index in [1.807, 2.05) is 18.5 Å². The van der Waals surface area contributed by atoms with Gasteiger partial charge in [-0.2, -0.15) is 0 Å². The Morgan fingerprint density at radius 3 is 3.23 bits per heavy atom. The molecule has 0 radical (unpaired) electrons. The van der Waals surface area contributed by atoms with Crippen molar-refractivity contribution in [2.75, 3.05) is 32.1 Å². The van der Waals surface area contributed by atoms with Crippen molar-refractivity contribution in [1.29, 1.82) is 0 Å². The van der Waals surface area contributed by atoms with E-state index in [9.17, 15) is 0 Å². The van der Waals surface area contributed by atoms with Crippen molar-refractivity contribution < 1.29 is 6.16 Å². The lowest BCUT2D eigenvalue weighted by Gasteiger charge is -2.23. The Labute approximate surface area is 186 Å². The van der Waals surface area contributed by atoms with E-state index in [4.69, 9.17) is 9.72 Å². The molecule has 4 aliphatic rings. The smallest absolute Gasteiger partial charge is 0.228 e. The Balaban J connectivity index is 0.00000245. The summed E-state index contributed by atoms with van der Waals surface area (Å²) in [5, 5.41) is 3.43. The normalized spacial score (nSPS) is 31.9. The van der Waals surface area contributed by atoms with E-state index in [0.717, 1.165) is 69.1 Å². The van der Waals surface area contributed by atoms with E-state index in [1.165, 1.54) is 0 Å². The SMILES string of the molecule is CN1C/C=C/CCCOC2=CCC=CC(C2)c2ccnc(n2)NC2=NC=CC3(CC23)C1.[HH]. The Morgan fingerprint density at radius 2 is 2.26 bits per heavy atom. The summed E-state index contributed by atoms with van der Waals surface area (Å²) in [5.41, 5.74) is 1.20. The van der Waals surface area contributed by atoms with E-state index in [-0.39, 0.29) is 12.8 Å². The number of aliphatic imine (C=N–C) groups is 1. The largest absolute Gasteiger partial charge is 0.498 e. The maximum Gasteiger partial charge on any atom is 0.228 e. The average molecular weight is 420 g/mol. The number of nitrogens with one attached hydrogen (secondary N) is 1. The summed E-state index contributed by atoms with van der Waals surface area (Å²) in [6.45, 7) is 2.75. The van der Waals surface area contributed by atoms with Crippen LogP contribution in [0.1, 0.15) is 45.1 Å². The number of amidine groups is 1. The second-order valence-electron chi connectivity index (χ2n) is 9.05. The number of fused-ring (bicyclic) bond motifs is 5. The molecular weight excluding hydrogens is 386 g/mol. The van der Waals surface area contributed by atoms with E-state index in [2.05, 4.69) is 63.7 Å². The molecule has 3 atom stereocenters. The van der Waals surface area contributed by atoms with Gasteiger partial charge in [-0.3, -0.25) is 0 Å². The van der Waals surface area contributed by atoms with Crippen LogP contribution in [0.5, 0.6) is 0 Å². The molecule has 0 amide bonds. The van der Waals surface area contributed by atoms with Gasteiger partial charge in [-0.05, 0) is 44.9 Å². The van der Waals surface area contributed by atoms with Gasteiger partial charge in [-0.25, -0.2) is 15.0 Å². The van der Waals surface area contributed by atoms with Gasteiger partial charge in [0.2, 0.25) is 5.95 Å². The van der Waals surface area contributed by atoms with Crippen molar-refractivity contribution in [1.82, 2.24) is 14.9 Å². The quantitative estimate of drug-likeness (QED) is 0.619. The van der Waals surface area contributed by atoms with Crippen LogP contribution in [0.15, 0.2) is 65.7 Å². The number of ether oxygens (including phenoxy) is 1. The summed E-state index contributed by atoms with van der Waals surface area (Å²) in [4.78, 5) is 16.4. The average Bonchev–Trinajstić information content (AvgIpc) is 3.53. The van der Waals surface area contributed by atoms with Crippen LogP contribution in [0.4, 0.5) is 5.95 Å². The molecule has 6 bridgehead atoms. The van der Waals surface area contributed by atoms with E-state index >= 15 is 0 Å². The van der Waals surface area contributed by atoms with Crippen LogP contribution >= 0.6 is 0 Å². The number of rotatable bonds is 0. The number of aromatic nitrogens is 2. The number of likely N-dealkylation sites (N-methyl/N-ethyl adjacent to an activating group) is 1. The molecule has 2 aliphatic carbocycles. The molecule has 5 rings (SSSR count). The molecule has 0 saturated heterocycles. The summed E-state index contributed by atoms with van der Waals surface area (Å²) in [5.74, 6) is 3.29. The van der Waals surface area contributed by atoms with Crippen molar-refractivity contribution >= 4 is 11.8 Å². The fraction of sp³-hybridized carbons (Fsp3) is 0.480. The first kappa shape index (κ1) is 20.2. The highest BCUT2D eigenvalue weighted by Crippen LogP contribution is 2.56. The van der Waals surface area contributed by atoms with Gasteiger partial charge in [0.25, 0.3) is 0 Å². The standard InChI is InChI=1S/C25H31N5O.H2/c1-30-14-6-2-3-7-15-31-20-9-5-4-8-19(16-20)22-10-12-27-24(28-22)29-23-21-17-25(21,18-30)11-13-26-23;/h2,4,6,8-13,19,21H,3,5,7,14-18H2,1H3,(H,26,27,28,29);1H/b6-2+;. The molecule has 1 N–H and O–H groups in total. The highest BCUT2D eigenvalue weighted by Gasteiger charge is 2.56. The minimum atomic E-state index is 0. The Bertz CT molecular complexity index is 969. The molecule has 1 aromatic rings. The summed E-state index contributed by atoms with van der Waals surface area (Å²) in [6.07, 6.45) is 22.2.